The van der Waals surface area contributed by atoms with Crippen molar-refractivity contribution in [2.24, 2.45) is 0 Å². The molecule has 1 atom stereocenters. The van der Waals surface area contributed by atoms with E-state index in [9.17, 15) is 4.79 Å². The molecule has 2 rings (SSSR count). The van der Waals surface area contributed by atoms with Crippen LogP contribution in [0.3, 0.4) is 0 Å². The van der Waals surface area contributed by atoms with E-state index in [0.29, 0.717) is 21.6 Å². The molecule has 2 heterocycles. The van der Waals surface area contributed by atoms with Crippen LogP contribution in [0.15, 0.2) is 18.7 Å². The third-order valence-electron chi connectivity index (χ3n) is 2.91. The number of hydrogen-bond donors (Lipinski definition) is 1. The van der Waals surface area contributed by atoms with E-state index < -0.39 is 0 Å². The Balaban J connectivity index is 1.68. The number of amides is 1. The third kappa shape index (κ3) is 5.30. The van der Waals surface area contributed by atoms with Gasteiger partial charge in [0.15, 0.2) is 0 Å². The van der Waals surface area contributed by atoms with E-state index in [1.54, 1.807) is 11.0 Å². The number of aromatic nitrogens is 3. The average Bonchev–Trinajstić information content (AvgIpc) is 2.99. The molecule has 114 valence electrons. The number of thiophene rings is 1. The van der Waals surface area contributed by atoms with E-state index in [-0.39, 0.29) is 11.9 Å². The fourth-order valence-electron chi connectivity index (χ4n) is 1.98. The van der Waals surface area contributed by atoms with Crippen LogP contribution in [0.25, 0.3) is 0 Å². The quantitative estimate of drug-likeness (QED) is 0.837. The minimum Gasteiger partial charge on any atom is -0.352 e. The first-order valence-electron chi connectivity index (χ1n) is 6.60. The van der Waals surface area contributed by atoms with E-state index >= 15 is 0 Å². The maximum absolute atomic E-state index is 11.8. The van der Waals surface area contributed by atoms with E-state index in [4.69, 9.17) is 23.2 Å². The minimum absolute atomic E-state index is 0.0124. The van der Waals surface area contributed by atoms with E-state index in [1.807, 2.05) is 13.0 Å². The molecule has 5 nitrogen and oxygen atoms in total. The zero-order chi connectivity index (χ0) is 15.2. The molecule has 0 aliphatic heterocycles. The highest BCUT2D eigenvalue weighted by molar-refractivity contribution is 7.20. The number of rotatable bonds is 7. The Bertz CT molecular complexity index is 585. The summed E-state index contributed by atoms with van der Waals surface area (Å²) < 4.78 is 3.08. The molecule has 1 amide bonds. The first-order valence-corrected chi connectivity index (χ1v) is 8.17. The van der Waals surface area contributed by atoms with E-state index in [1.165, 1.54) is 17.7 Å². The molecule has 8 heteroatoms. The van der Waals surface area contributed by atoms with Crippen molar-refractivity contribution in [3.8, 4) is 0 Å². The van der Waals surface area contributed by atoms with Gasteiger partial charge in [-0.1, -0.05) is 23.2 Å². The summed E-state index contributed by atoms with van der Waals surface area (Å²) in [4.78, 5) is 15.7. The normalized spacial score (nSPS) is 12.3. The van der Waals surface area contributed by atoms with Crippen LogP contribution in [-0.4, -0.2) is 26.7 Å². The lowest BCUT2D eigenvalue weighted by molar-refractivity contribution is -0.121. The predicted octanol–water partition coefficient (Wildman–Crippen LogP) is 3.17. The molecule has 1 unspecified atom stereocenters. The van der Waals surface area contributed by atoms with Gasteiger partial charge in [-0.05, 0) is 31.4 Å². The fraction of sp³-hybridized carbons (Fsp3) is 0.462. The standard InChI is InChI=1S/C13H16Cl2N4OS/c1-9(6-19-8-16-7-17-19)18-12(20)4-2-3-10-5-11(14)21-13(10)15/h5,7-9H,2-4,6H2,1H3,(H,18,20). The smallest absolute Gasteiger partial charge is 0.220 e. The molecule has 0 fully saturated rings. The maximum atomic E-state index is 11.8. The zero-order valence-corrected chi connectivity index (χ0v) is 13.9. The zero-order valence-electron chi connectivity index (χ0n) is 11.6. The van der Waals surface area contributed by atoms with E-state index in [0.717, 1.165) is 18.4 Å². The Labute approximate surface area is 137 Å². The Morgan fingerprint density at radius 2 is 2.33 bits per heavy atom. The molecule has 0 aliphatic carbocycles. The van der Waals surface area contributed by atoms with Gasteiger partial charge in [-0.15, -0.1) is 11.3 Å². The Hall–Kier alpha value is -1.11. The highest BCUT2D eigenvalue weighted by atomic mass is 35.5. The molecule has 0 aliphatic rings. The molecule has 21 heavy (non-hydrogen) atoms. The van der Waals surface area contributed by atoms with Gasteiger partial charge in [0.05, 0.1) is 15.2 Å². The van der Waals surface area contributed by atoms with Crippen molar-refractivity contribution in [2.75, 3.05) is 0 Å². The van der Waals surface area contributed by atoms with Crippen LogP contribution in [0, 0.1) is 0 Å². The molecule has 0 radical (unpaired) electrons. The summed E-state index contributed by atoms with van der Waals surface area (Å²) in [5, 5.41) is 6.95. The van der Waals surface area contributed by atoms with Gasteiger partial charge in [-0.25, -0.2) is 4.98 Å². The molecular formula is C13H16Cl2N4OS. The fourth-order valence-corrected chi connectivity index (χ4v) is 3.53. The Kier molecular flexibility index (Phi) is 6.02. The third-order valence-corrected chi connectivity index (χ3v) is 4.48. The number of halogens is 2. The summed E-state index contributed by atoms with van der Waals surface area (Å²) in [6.45, 7) is 2.55. The number of nitrogens with one attached hydrogen (secondary N) is 1. The molecule has 0 saturated carbocycles. The van der Waals surface area contributed by atoms with Crippen molar-refractivity contribution in [3.05, 3.63) is 33.0 Å². The highest BCUT2D eigenvalue weighted by Gasteiger charge is 2.10. The van der Waals surface area contributed by atoms with Crippen molar-refractivity contribution in [1.29, 1.82) is 0 Å². The van der Waals surface area contributed by atoms with Gasteiger partial charge in [0.2, 0.25) is 5.91 Å². The predicted molar refractivity (Wildman–Crippen MR) is 84.9 cm³/mol. The summed E-state index contributed by atoms with van der Waals surface area (Å²) in [7, 11) is 0. The topological polar surface area (TPSA) is 59.8 Å². The molecule has 0 bridgehead atoms. The van der Waals surface area contributed by atoms with Crippen molar-refractivity contribution in [3.63, 3.8) is 0 Å². The van der Waals surface area contributed by atoms with Crippen LogP contribution in [0.5, 0.6) is 0 Å². The lowest BCUT2D eigenvalue weighted by atomic mass is 10.1. The first-order chi connectivity index (χ1) is 10.0. The summed E-state index contributed by atoms with van der Waals surface area (Å²) in [6, 6.07) is 1.87. The number of hydrogen-bond acceptors (Lipinski definition) is 4. The highest BCUT2D eigenvalue weighted by Crippen LogP contribution is 2.31. The monoisotopic (exact) mass is 346 g/mol. The lowest BCUT2D eigenvalue weighted by Gasteiger charge is -2.13. The van der Waals surface area contributed by atoms with Gasteiger partial charge in [0.1, 0.15) is 12.7 Å². The van der Waals surface area contributed by atoms with Gasteiger partial charge in [-0.2, -0.15) is 5.10 Å². The molecular weight excluding hydrogens is 331 g/mol. The van der Waals surface area contributed by atoms with Crippen molar-refractivity contribution in [1.82, 2.24) is 20.1 Å². The molecule has 2 aromatic rings. The number of carbonyl (C=O) groups excluding carboxylic acids is 1. The maximum Gasteiger partial charge on any atom is 0.220 e. The summed E-state index contributed by atoms with van der Waals surface area (Å²) in [6.07, 6.45) is 5.07. The second kappa shape index (κ2) is 7.77. The Morgan fingerprint density at radius 1 is 1.52 bits per heavy atom. The van der Waals surface area contributed by atoms with Gasteiger partial charge in [-0.3, -0.25) is 9.48 Å². The van der Waals surface area contributed by atoms with E-state index in [2.05, 4.69) is 15.4 Å². The van der Waals surface area contributed by atoms with Crippen LogP contribution < -0.4 is 5.32 Å². The van der Waals surface area contributed by atoms with Crippen LogP contribution in [0.4, 0.5) is 0 Å². The summed E-state index contributed by atoms with van der Waals surface area (Å²) in [5.74, 6) is 0.0278. The number of carbonyl (C=O) groups is 1. The molecule has 2 aromatic heterocycles. The van der Waals surface area contributed by atoms with Crippen molar-refractivity contribution >= 4 is 40.4 Å². The SMILES string of the molecule is CC(Cn1cncn1)NC(=O)CCCc1cc(Cl)sc1Cl. The van der Waals surface area contributed by atoms with Crippen LogP contribution >= 0.6 is 34.5 Å². The van der Waals surface area contributed by atoms with Crippen molar-refractivity contribution < 1.29 is 4.79 Å². The van der Waals surface area contributed by atoms with Gasteiger partial charge in [0, 0.05) is 12.5 Å². The second-order valence-electron chi connectivity index (χ2n) is 4.79. The minimum atomic E-state index is 0.0124. The summed E-state index contributed by atoms with van der Waals surface area (Å²) in [5.41, 5.74) is 1.01. The number of aryl methyl sites for hydroxylation is 1. The average molecular weight is 347 g/mol. The molecule has 1 N–H and O–H groups in total. The van der Waals surface area contributed by atoms with Crippen LogP contribution in [-0.2, 0) is 17.8 Å². The molecule has 0 spiro atoms. The van der Waals surface area contributed by atoms with Gasteiger partial charge >= 0.3 is 0 Å². The van der Waals surface area contributed by atoms with Crippen LogP contribution in [0.2, 0.25) is 8.67 Å². The van der Waals surface area contributed by atoms with Crippen LogP contribution in [0.1, 0.15) is 25.3 Å². The lowest BCUT2D eigenvalue weighted by Crippen LogP contribution is -2.35. The molecule has 0 aromatic carbocycles. The van der Waals surface area contributed by atoms with Gasteiger partial charge in [0.25, 0.3) is 0 Å². The van der Waals surface area contributed by atoms with Crippen molar-refractivity contribution in [2.45, 2.75) is 38.8 Å². The second-order valence-corrected chi connectivity index (χ2v) is 7.07. The summed E-state index contributed by atoms with van der Waals surface area (Å²) >= 11 is 13.3. The van der Waals surface area contributed by atoms with Gasteiger partial charge < -0.3 is 5.32 Å². The Morgan fingerprint density at radius 3 is 2.95 bits per heavy atom. The largest absolute Gasteiger partial charge is 0.352 e. The molecule has 0 saturated heterocycles. The first kappa shape index (κ1) is 16.3. The number of nitrogens with zero attached hydrogens (tertiary/aromatic N) is 3.